The first-order valence-electron chi connectivity index (χ1n) is 8.24. The number of ketones is 1. The van der Waals surface area contributed by atoms with Gasteiger partial charge in [0, 0.05) is 5.56 Å². The normalized spacial score (nSPS) is 12.9. The molecule has 0 spiro atoms. The van der Waals surface area contributed by atoms with Crippen molar-refractivity contribution in [3.8, 4) is 23.0 Å². The van der Waals surface area contributed by atoms with Crippen LogP contribution >= 0.6 is 15.9 Å². The zero-order valence-corrected chi connectivity index (χ0v) is 16.2. The molecule has 26 heavy (non-hydrogen) atoms. The van der Waals surface area contributed by atoms with Gasteiger partial charge in [0.2, 0.25) is 0 Å². The maximum Gasteiger partial charge on any atom is 0.185 e. The number of carbonyl (C=O) groups is 1. The number of hydrogen-bond donors (Lipinski definition) is 0. The van der Waals surface area contributed by atoms with Crippen molar-refractivity contribution in [3.05, 3.63) is 52.0 Å². The number of carbonyl (C=O) groups excluding carboxylic acids is 1. The molecule has 0 unspecified atom stereocenters. The summed E-state index contributed by atoms with van der Waals surface area (Å²) >= 11 is 3.47. The molecule has 1 heterocycles. The number of methoxy groups -OCH3 is 1. The van der Waals surface area contributed by atoms with Crippen LogP contribution in [0, 0.1) is 0 Å². The van der Waals surface area contributed by atoms with Crippen LogP contribution in [0.2, 0.25) is 0 Å². The Bertz CT molecular complexity index is 844. The fraction of sp³-hybridized carbons (Fsp3) is 0.250. The molecule has 0 aliphatic carbocycles. The summed E-state index contributed by atoms with van der Waals surface area (Å²) in [6.45, 7) is 3.43. The van der Waals surface area contributed by atoms with Crippen LogP contribution in [0.4, 0.5) is 0 Å². The number of rotatable bonds is 6. The van der Waals surface area contributed by atoms with E-state index in [9.17, 15) is 4.79 Å². The maximum atomic E-state index is 12.5. The molecule has 0 saturated carbocycles. The summed E-state index contributed by atoms with van der Waals surface area (Å²) in [5, 5.41) is 0. The summed E-state index contributed by atoms with van der Waals surface area (Å²) in [6, 6.07) is 8.90. The second-order valence-electron chi connectivity index (χ2n) is 5.52. The second-order valence-corrected chi connectivity index (χ2v) is 6.38. The molecule has 2 aromatic carbocycles. The number of allylic oxidation sites excluding steroid dienone is 1. The van der Waals surface area contributed by atoms with Crippen LogP contribution in [0.15, 0.2) is 40.9 Å². The SMILES string of the molecule is CCOc1cc(C=CC(=O)c2ccc3c(c2)OCCO3)cc(Br)c1OC. The Balaban J connectivity index is 1.82. The molecule has 3 rings (SSSR count). The van der Waals surface area contributed by atoms with Gasteiger partial charge in [0.15, 0.2) is 28.8 Å². The van der Waals surface area contributed by atoms with Crippen molar-refractivity contribution in [2.75, 3.05) is 26.9 Å². The fourth-order valence-electron chi connectivity index (χ4n) is 2.61. The van der Waals surface area contributed by atoms with E-state index >= 15 is 0 Å². The molecule has 0 amide bonds. The third kappa shape index (κ3) is 4.02. The topological polar surface area (TPSA) is 54.0 Å². The quantitative estimate of drug-likeness (QED) is 0.509. The molecule has 0 bridgehead atoms. The maximum absolute atomic E-state index is 12.5. The van der Waals surface area contributed by atoms with Gasteiger partial charge >= 0.3 is 0 Å². The molecule has 1 aliphatic heterocycles. The Morgan fingerprint density at radius 2 is 1.96 bits per heavy atom. The fourth-order valence-corrected chi connectivity index (χ4v) is 3.23. The Labute approximate surface area is 160 Å². The van der Waals surface area contributed by atoms with E-state index in [-0.39, 0.29) is 5.78 Å². The molecule has 2 aromatic rings. The average Bonchev–Trinajstić information content (AvgIpc) is 2.66. The number of ether oxygens (including phenoxy) is 4. The summed E-state index contributed by atoms with van der Waals surface area (Å²) in [6.07, 6.45) is 3.27. The molecule has 0 radical (unpaired) electrons. The molecular weight excluding hydrogens is 400 g/mol. The van der Waals surface area contributed by atoms with Gasteiger partial charge in [-0.3, -0.25) is 4.79 Å². The Kier molecular flexibility index (Phi) is 5.83. The van der Waals surface area contributed by atoms with Gasteiger partial charge in [-0.2, -0.15) is 0 Å². The predicted molar refractivity (Wildman–Crippen MR) is 103 cm³/mol. The van der Waals surface area contributed by atoms with Crippen LogP contribution in [0.5, 0.6) is 23.0 Å². The number of hydrogen-bond acceptors (Lipinski definition) is 5. The van der Waals surface area contributed by atoms with Crippen LogP contribution in [0.3, 0.4) is 0 Å². The number of benzene rings is 2. The second kappa shape index (κ2) is 8.27. The Morgan fingerprint density at radius 1 is 1.19 bits per heavy atom. The lowest BCUT2D eigenvalue weighted by Crippen LogP contribution is -2.15. The van der Waals surface area contributed by atoms with E-state index in [2.05, 4.69) is 15.9 Å². The number of halogens is 1. The summed E-state index contributed by atoms with van der Waals surface area (Å²) in [5.41, 5.74) is 1.37. The van der Waals surface area contributed by atoms with E-state index in [0.29, 0.717) is 48.4 Å². The molecular formula is C20H19BrO5. The first-order valence-corrected chi connectivity index (χ1v) is 9.04. The lowest BCUT2D eigenvalue weighted by molar-refractivity contribution is 0.104. The minimum Gasteiger partial charge on any atom is -0.492 e. The lowest BCUT2D eigenvalue weighted by atomic mass is 10.1. The first kappa shape index (κ1) is 18.3. The molecule has 0 N–H and O–H groups in total. The third-order valence-corrected chi connectivity index (χ3v) is 4.38. The predicted octanol–water partition coefficient (Wildman–Crippen LogP) is 4.52. The van der Waals surface area contributed by atoms with Crippen molar-refractivity contribution in [2.45, 2.75) is 6.92 Å². The zero-order chi connectivity index (χ0) is 18.5. The molecule has 136 valence electrons. The van der Waals surface area contributed by atoms with Crippen molar-refractivity contribution >= 4 is 27.8 Å². The summed E-state index contributed by atoms with van der Waals surface area (Å²) in [4.78, 5) is 12.5. The van der Waals surface area contributed by atoms with E-state index in [0.717, 1.165) is 10.0 Å². The van der Waals surface area contributed by atoms with E-state index in [4.69, 9.17) is 18.9 Å². The largest absolute Gasteiger partial charge is 0.492 e. The molecule has 0 fully saturated rings. The van der Waals surface area contributed by atoms with Crippen LogP contribution in [0.1, 0.15) is 22.8 Å². The summed E-state index contributed by atoms with van der Waals surface area (Å²) < 4.78 is 22.7. The van der Waals surface area contributed by atoms with Crippen molar-refractivity contribution in [1.29, 1.82) is 0 Å². The highest BCUT2D eigenvalue weighted by Gasteiger charge is 2.14. The highest BCUT2D eigenvalue weighted by Crippen LogP contribution is 2.37. The average molecular weight is 419 g/mol. The van der Waals surface area contributed by atoms with Crippen LogP contribution in [0.25, 0.3) is 6.08 Å². The van der Waals surface area contributed by atoms with Gasteiger partial charge in [-0.15, -0.1) is 0 Å². The lowest BCUT2D eigenvalue weighted by Gasteiger charge is -2.18. The minimum absolute atomic E-state index is 0.119. The van der Waals surface area contributed by atoms with Gasteiger partial charge < -0.3 is 18.9 Å². The van der Waals surface area contributed by atoms with Crippen molar-refractivity contribution in [3.63, 3.8) is 0 Å². The van der Waals surface area contributed by atoms with Crippen molar-refractivity contribution in [2.24, 2.45) is 0 Å². The summed E-state index contributed by atoms with van der Waals surface area (Å²) in [7, 11) is 1.59. The molecule has 0 aromatic heterocycles. The van der Waals surface area contributed by atoms with Gasteiger partial charge in [0.05, 0.1) is 18.2 Å². The van der Waals surface area contributed by atoms with Gasteiger partial charge in [0.25, 0.3) is 0 Å². The van der Waals surface area contributed by atoms with E-state index in [1.807, 2.05) is 19.1 Å². The van der Waals surface area contributed by atoms with E-state index in [1.165, 1.54) is 6.08 Å². The monoisotopic (exact) mass is 418 g/mol. The molecule has 6 heteroatoms. The smallest absolute Gasteiger partial charge is 0.185 e. The van der Waals surface area contributed by atoms with Crippen LogP contribution in [-0.2, 0) is 0 Å². The Hall–Kier alpha value is -2.47. The van der Waals surface area contributed by atoms with E-state index < -0.39 is 0 Å². The van der Waals surface area contributed by atoms with Crippen LogP contribution in [-0.4, -0.2) is 32.7 Å². The summed E-state index contributed by atoms with van der Waals surface area (Å²) in [5.74, 6) is 2.39. The Morgan fingerprint density at radius 3 is 2.69 bits per heavy atom. The van der Waals surface area contributed by atoms with Gasteiger partial charge in [0.1, 0.15) is 13.2 Å². The molecule has 0 atom stereocenters. The minimum atomic E-state index is -0.119. The van der Waals surface area contributed by atoms with Crippen LogP contribution < -0.4 is 18.9 Å². The third-order valence-electron chi connectivity index (χ3n) is 3.79. The van der Waals surface area contributed by atoms with Gasteiger partial charge in [-0.1, -0.05) is 6.08 Å². The number of fused-ring (bicyclic) bond motifs is 1. The molecule has 1 aliphatic rings. The molecule has 5 nitrogen and oxygen atoms in total. The zero-order valence-electron chi connectivity index (χ0n) is 14.6. The highest BCUT2D eigenvalue weighted by molar-refractivity contribution is 9.10. The van der Waals surface area contributed by atoms with Gasteiger partial charge in [-0.25, -0.2) is 0 Å². The first-order chi connectivity index (χ1) is 12.6. The van der Waals surface area contributed by atoms with Gasteiger partial charge in [-0.05, 0) is 64.8 Å². The van der Waals surface area contributed by atoms with E-state index in [1.54, 1.807) is 31.4 Å². The standard InChI is InChI=1S/C20H19BrO5/c1-3-24-19-11-13(10-15(21)20(19)23-2)4-6-16(22)14-5-7-17-18(12-14)26-9-8-25-17/h4-7,10-12H,3,8-9H2,1-2H3. The van der Waals surface area contributed by atoms with Crippen molar-refractivity contribution < 1.29 is 23.7 Å². The highest BCUT2D eigenvalue weighted by atomic mass is 79.9. The molecule has 0 saturated heterocycles. The van der Waals surface area contributed by atoms with Crippen molar-refractivity contribution in [1.82, 2.24) is 0 Å².